The van der Waals surface area contributed by atoms with E-state index in [9.17, 15) is 18.0 Å². The standard InChI is InChI=1S/C18H12F3N5O2/c19-18(20,21)11-5-3-10(4-6-11)9-26-13-8-23-15(17(27)28)24-14(13)25-16(26)12-2-1-7-22-12/h1-8,22H,9H2,(H,27,28). The van der Waals surface area contributed by atoms with Gasteiger partial charge in [-0.1, -0.05) is 12.1 Å². The molecule has 0 bridgehead atoms. The number of hydrogen-bond acceptors (Lipinski definition) is 4. The molecular formula is C18H12F3N5O2. The highest BCUT2D eigenvalue weighted by atomic mass is 19.4. The van der Waals surface area contributed by atoms with Crippen molar-refractivity contribution in [1.29, 1.82) is 0 Å². The van der Waals surface area contributed by atoms with Crippen LogP contribution in [-0.2, 0) is 12.7 Å². The first-order valence-electron chi connectivity index (χ1n) is 8.09. The molecule has 0 fully saturated rings. The molecule has 0 saturated heterocycles. The van der Waals surface area contributed by atoms with E-state index in [1.54, 1.807) is 22.9 Å². The summed E-state index contributed by atoms with van der Waals surface area (Å²) in [5.41, 5.74) is 1.19. The van der Waals surface area contributed by atoms with E-state index in [-0.39, 0.29) is 18.0 Å². The Balaban J connectivity index is 1.80. The molecule has 28 heavy (non-hydrogen) atoms. The molecule has 10 heteroatoms. The van der Waals surface area contributed by atoms with Crippen LogP contribution in [0.25, 0.3) is 22.7 Å². The average Bonchev–Trinajstić information content (AvgIpc) is 3.29. The Morgan fingerprint density at radius 3 is 2.50 bits per heavy atom. The van der Waals surface area contributed by atoms with Crippen molar-refractivity contribution in [3.63, 3.8) is 0 Å². The minimum atomic E-state index is -4.41. The number of benzene rings is 1. The van der Waals surface area contributed by atoms with Gasteiger partial charge in [0.1, 0.15) is 5.52 Å². The van der Waals surface area contributed by atoms with Crippen molar-refractivity contribution in [1.82, 2.24) is 24.5 Å². The number of imidazole rings is 1. The first kappa shape index (κ1) is 17.7. The van der Waals surface area contributed by atoms with Crippen LogP contribution >= 0.6 is 0 Å². The molecule has 0 saturated carbocycles. The lowest BCUT2D eigenvalue weighted by atomic mass is 10.1. The highest BCUT2D eigenvalue weighted by molar-refractivity contribution is 5.86. The van der Waals surface area contributed by atoms with Crippen LogP contribution in [-0.4, -0.2) is 35.6 Å². The smallest absolute Gasteiger partial charge is 0.416 e. The third-order valence-corrected chi connectivity index (χ3v) is 4.16. The summed E-state index contributed by atoms with van der Waals surface area (Å²) in [5.74, 6) is -1.19. The molecule has 0 spiro atoms. The lowest BCUT2D eigenvalue weighted by Crippen LogP contribution is -2.07. The summed E-state index contributed by atoms with van der Waals surface area (Å²) in [6.07, 6.45) is -1.36. The Morgan fingerprint density at radius 1 is 1.14 bits per heavy atom. The molecule has 0 aliphatic heterocycles. The van der Waals surface area contributed by atoms with E-state index in [0.717, 1.165) is 12.1 Å². The number of aromatic carboxylic acids is 1. The monoisotopic (exact) mass is 387 g/mol. The predicted octanol–water partition coefficient (Wildman–Crippen LogP) is 3.59. The topological polar surface area (TPSA) is 96.7 Å². The number of hydrogen-bond donors (Lipinski definition) is 2. The van der Waals surface area contributed by atoms with Crippen LogP contribution < -0.4 is 0 Å². The highest BCUT2D eigenvalue weighted by Gasteiger charge is 2.30. The van der Waals surface area contributed by atoms with Crippen LogP contribution in [0.4, 0.5) is 13.2 Å². The number of aromatic nitrogens is 5. The molecule has 0 amide bonds. The third-order valence-electron chi connectivity index (χ3n) is 4.16. The molecule has 0 unspecified atom stereocenters. The van der Waals surface area contributed by atoms with Gasteiger partial charge in [0.15, 0.2) is 11.5 Å². The number of fused-ring (bicyclic) bond motifs is 1. The third kappa shape index (κ3) is 3.20. The Bertz CT molecular complexity index is 1150. The molecule has 0 aliphatic carbocycles. The Morgan fingerprint density at radius 2 is 1.89 bits per heavy atom. The number of carboxylic acids is 1. The predicted molar refractivity (Wildman–Crippen MR) is 92.6 cm³/mol. The number of aromatic amines is 1. The van der Waals surface area contributed by atoms with E-state index in [0.29, 0.717) is 22.6 Å². The molecule has 7 nitrogen and oxygen atoms in total. The maximum Gasteiger partial charge on any atom is 0.416 e. The van der Waals surface area contributed by atoms with Gasteiger partial charge in [-0.2, -0.15) is 13.2 Å². The zero-order valence-corrected chi connectivity index (χ0v) is 14.1. The van der Waals surface area contributed by atoms with Crippen LogP contribution in [0, 0.1) is 0 Å². The largest absolute Gasteiger partial charge is 0.475 e. The summed E-state index contributed by atoms with van der Waals surface area (Å²) in [7, 11) is 0. The van der Waals surface area contributed by atoms with Gasteiger partial charge in [0.05, 0.1) is 17.5 Å². The van der Waals surface area contributed by atoms with Crippen LogP contribution in [0.15, 0.2) is 48.8 Å². The molecule has 1 aromatic carbocycles. The van der Waals surface area contributed by atoms with Gasteiger partial charge < -0.3 is 14.7 Å². The molecule has 4 aromatic rings. The molecular weight excluding hydrogens is 375 g/mol. The lowest BCUT2D eigenvalue weighted by molar-refractivity contribution is -0.137. The van der Waals surface area contributed by atoms with Crippen LogP contribution in [0.3, 0.4) is 0 Å². The summed E-state index contributed by atoms with van der Waals surface area (Å²) in [6, 6.07) is 8.35. The van der Waals surface area contributed by atoms with Gasteiger partial charge in [-0.3, -0.25) is 0 Å². The minimum absolute atomic E-state index is 0.184. The Hall–Kier alpha value is -3.69. The zero-order chi connectivity index (χ0) is 19.9. The number of nitrogens with one attached hydrogen (secondary N) is 1. The minimum Gasteiger partial charge on any atom is -0.475 e. The SMILES string of the molecule is O=C(O)c1ncc2c(n1)nc(-c1ccc[nH]1)n2Cc1ccc(C(F)(F)F)cc1. The lowest BCUT2D eigenvalue weighted by Gasteiger charge is -2.10. The molecule has 142 valence electrons. The number of nitrogens with zero attached hydrogens (tertiary/aromatic N) is 4. The number of halogens is 3. The first-order chi connectivity index (χ1) is 13.3. The van der Waals surface area contributed by atoms with Crippen molar-refractivity contribution in [3.8, 4) is 11.5 Å². The number of alkyl halides is 3. The summed E-state index contributed by atoms with van der Waals surface area (Å²) < 4.78 is 40.0. The van der Waals surface area contributed by atoms with Gasteiger partial charge in [0.25, 0.3) is 0 Å². The quantitative estimate of drug-likeness (QED) is 0.558. The second-order valence-corrected chi connectivity index (χ2v) is 6.01. The molecule has 0 atom stereocenters. The van der Waals surface area contributed by atoms with Gasteiger partial charge >= 0.3 is 12.1 Å². The second-order valence-electron chi connectivity index (χ2n) is 6.01. The van der Waals surface area contributed by atoms with Gasteiger partial charge in [-0.15, -0.1) is 0 Å². The number of carboxylic acid groups (broad SMARTS) is 1. The molecule has 3 aromatic heterocycles. The first-order valence-corrected chi connectivity index (χ1v) is 8.09. The fraction of sp³-hybridized carbons (Fsp3) is 0.111. The number of H-pyrrole nitrogens is 1. The van der Waals surface area contributed by atoms with Gasteiger partial charge in [0, 0.05) is 12.7 Å². The highest BCUT2D eigenvalue weighted by Crippen LogP contribution is 2.30. The zero-order valence-electron chi connectivity index (χ0n) is 14.1. The van der Waals surface area contributed by atoms with Gasteiger partial charge in [-0.05, 0) is 29.8 Å². The van der Waals surface area contributed by atoms with E-state index in [1.807, 2.05) is 0 Å². The van der Waals surface area contributed by atoms with E-state index >= 15 is 0 Å². The molecule has 2 N–H and O–H groups in total. The van der Waals surface area contributed by atoms with Crippen molar-refractivity contribution in [3.05, 3.63) is 65.7 Å². The Labute approximate surface area is 155 Å². The second kappa shape index (κ2) is 6.48. The molecule has 0 radical (unpaired) electrons. The Kier molecular flexibility index (Phi) is 4.10. The fourth-order valence-electron chi connectivity index (χ4n) is 2.83. The van der Waals surface area contributed by atoms with E-state index in [4.69, 9.17) is 5.11 Å². The van der Waals surface area contributed by atoms with Crippen molar-refractivity contribution in [2.45, 2.75) is 12.7 Å². The number of rotatable bonds is 4. The van der Waals surface area contributed by atoms with Gasteiger partial charge in [0.2, 0.25) is 5.82 Å². The average molecular weight is 387 g/mol. The normalized spacial score (nSPS) is 11.8. The summed E-state index contributed by atoms with van der Waals surface area (Å²) in [6.45, 7) is 0.207. The van der Waals surface area contributed by atoms with Crippen LogP contribution in [0.5, 0.6) is 0 Å². The number of carbonyl (C=O) groups is 1. The van der Waals surface area contributed by atoms with E-state index in [2.05, 4.69) is 19.9 Å². The summed E-state index contributed by atoms with van der Waals surface area (Å²) in [5, 5.41) is 9.07. The van der Waals surface area contributed by atoms with Gasteiger partial charge in [-0.25, -0.2) is 19.7 Å². The summed E-state index contributed by atoms with van der Waals surface area (Å²) >= 11 is 0. The van der Waals surface area contributed by atoms with Crippen molar-refractivity contribution >= 4 is 17.1 Å². The maximum atomic E-state index is 12.8. The van der Waals surface area contributed by atoms with Crippen molar-refractivity contribution in [2.24, 2.45) is 0 Å². The summed E-state index contributed by atoms with van der Waals surface area (Å²) in [4.78, 5) is 26.3. The van der Waals surface area contributed by atoms with Crippen LogP contribution in [0.1, 0.15) is 21.7 Å². The van der Waals surface area contributed by atoms with E-state index in [1.165, 1.54) is 18.3 Å². The fourth-order valence-corrected chi connectivity index (χ4v) is 2.83. The molecule has 0 aliphatic rings. The molecule has 3 heterocycles. The van der Waals surface area contributed by atoms with E-state index < -0.39 is 17.7 Å². The maximum absolute atomic E-state index is 12.8. The molecule has 4 rings (SSSR count). The van der Waals surface area contributed by atoms with Crippen LogP contribution in [0.2, 0.25) is 0 Å². The van der Waals surface area contributed by atoms with Crippen molar-refractivity contribution in [2.75, 3.05) is 0 Å². The van der Waals surface area contributed by atoms with Crippen molar-refractivity contribution < 1.29 is 23.1 Å².